The average Bonchev–Trinajstić information content (AvgIpc) is 2.36. The molecule has 0 saturated carbocycles. The minimum absolute atomic E-state index is 0.186. The third-order valence-electron chi connectivity index (χ3n) is 3.30. The van der Waals surface area contributed by atoms with Gasteiger partial charge in [-0.3, -0.25) is 4.98 Å². The molecular weight excluding hydrogens is 208 g/mol. The van der Waals surface area contributed by atoms with E-state index in [9.17, 15) is 0 Å². The van der Waals surface area contributed by atoms with E-state index in [1.807, 2.05) is 18.3 Å². The van der Waals surface area contributed by atoms with Crippen molar-refractivity contribution < 1.29 is 0 Å². The average molecular weight is 228 g/mol. The molecule has 0 bridgehead atoms. The summed E-state index contributed by atoms with van der Waals surface area (Å²) in [5.74, 6) is 0. The predicted molar refractivity (Wildman–Crippen MR) is 73.0 cm³/mol. The maximum atomic E-state index is 4.47. The van der Waals surface area contributed by atoms with Crippen LogP contribution in [0.5, 0.6) is 0 Å². The number of pyridine rings is 1. The van der Waals surface area contributed by atoms with Gasteiger partial charge < -0.3 is 5.32 Å². The van der Waals surface area contributed by atoms with E-state index in [-0.39, 0.29) is 5.54 Å². The third kappa shape index (κ3) is 3.04. The molecule has 0 spiro atoms. The van der Waals surface area contributed by atoms with Crippen LogP contribution in [-0.4, -0.2) is 10.5 Å². The summed E-state index contributed by atoms with van der Waals surface area (Å²) < 4.78 is 0. The zero-order chi connectivity index (χ0) is 12.3. The van der Waals surface area contributed by atoms with Crippen molar-refractivity contribution >= 4 is 10.9 Å². The van der Waals surface area contributed by atoms with E-state index >= 15 is 0 Å². The minimum Gasteiger partial charge on any atom is -0.308 e. The summed E-state index contributed by atoms with van der Waals surface area (Å²) in [5, 5.41) is 4.76. The summed E-state index contributed by atoms with van der Waals surface area (Å²) in [6.07, 6.45) is 3.08. The fourth-order valence-electron chi connectivity index (χ4n) is 1.68. The normalized spacial score (nSPS) is 11.9. The Balaban J connectivity index is 2.14. The summed E-state index contributed by atoms with van der Waals surface area (Å²) in [6.45, 7) is 7.52. The van der Waals surface area contributed by atoms with Crippen molar-refractivity contribution in [3.8, 4) is 0 Å². The zero-order valence-electron chi connectivity index (χ0n) is 10.8. The molecule has 0 amide bonds. The van der Waals surface area contributed by atoms with Crippen LogP contribution in [0.1, 0.15) is 32.8 Å². The van der Waals surface area contributed by atoms with Crippen LogP contribution in [0.2, 0.25) is 0 Å². The first-order valence-corrected chi connectivity index (χ1v) is 6.19. The molecule has 1 aromatic heterocycles. The van der Waals surface area contributed by atoms with Crippen LogP contribution in [0.25, 0.3) is 10.9 Å². The van der Waals surface area contributed by atoms with Gasteiger partial charge in [0.2, 0.25) is 0 Å². The summed E-state index contributed by atoms with van der Waals surface area (Å²) >= 11 is 0. The SMILES string of the molecule is CCC(C)(C)NCc1cnc2ccccc2c1. The lowest BCUT2D eigenvalue weighted by Gasteiger charge is -2.24. The van der Waals surface area contributed by atoms with Crippen LogP contribution in [0.3, 0.4) is 0 Å². The van der Waals surface area contributed by atoms with Crippen molar-refractivity contribution in [2.45, 2.75) is 39.3 Å². The lowest BCUT2D eigenvalue weighted by molar-refractivity contribution is 0.374. The van der Waals surface area contributed by atoms with E-state index in [2.05, 4.69) is 49.3 Å². The van der Waals surface area contributed by atoms with Crippen LogP contribution in [0.4, 0.5) is 0 Å². The van der Waals surface area contributed by atoms with Gasteiger partial charge in [-0.25, -0.2) is 0 Å². The first-order valence-electron chi connectivity index (χ1n) is 6.19. The molecule has 0 aliphatic rings. The molecule has 0 unspecified atom stereocenters. The minimum atomic E-state index is 0.186. The Hall–Kier alpha value is -1.41. The van der Waals surface area contributed by atoms with E-state index in [0.717, 1.165) is 18.5 Å². The molecule has 1 heterocycles. The van der Waals surface area contributed by atoms with Crippen LogP contribution in [0.15, 0.2) is 36.5 Å². The number of fused-ring (bicyclic) bond motifs is 1. The van der Waals surface area contributed by atoms with Gasteiger partial charge in [-0.1, -0.05) is 25.1 Å². The van der Waals surface area contributed by atoms with E-state index in [1.54, 1.807) is 0 Å². The summed E-state index contributed by atoms with van der Waals surface area (Å²) in [5.41, 5.74) is 2.49. The Morgan fingerprint density at radius 3 is 2.76 bits per heavy atom. The first kappa shape index (κ1) is 12.1. The van der Waals surface area contributed by atoms with Gasteiger partial charge in [0.25, 0.3) is 0 Å². The van der Waals surface area contributed by atoms with E-state index in [1.165, 1.54) is 10.9 Å². The predicted octanol–water partition coefficient (Wildman–Crippen LogP) is 3.51. The first-order chi connectivity index (χ1) is 8.11. The van der Waals surface area contributed by atoms with Crippen molar-refractivity contribution in [3.05, 3.63) is 42.1 Å². The molecule has 0 atom stereocenters. The molecular formula is C15H20N2. The van der Waals surface area contributed by atoms with Gasteiger partial charge >= 0.3 is 0 Å². The topological polar surface area (TPSA) is 24.9 Å². The quantitative estimate of drug-likeness (QED) is 0.866. The number of nitrogens with one attached hydrogen (secondary N) is 1. The second-order valence-electron chi connectivity index (χ2n) is 5.13. The number of benzene rings is 1. The van der Waals surface area contributed by atoms with Crippen LogP contribution in [-0.2, 0) is 6.54 Å². The molecule has 0 saturated heterocycles. The largest absolute Gasteiger partial charge is 0.308 e. The lowest BCUT2D eigenvalue weighted by atomic mass is 10.0. The van der Waals surface area contributed by atoms with Gasteiger partial charge in [0.1, 0.15) is 0 Å². The second kappa shape index (κ2) is 4.84. The molecule has 90 valence electrons. The highest BCUT2D eigenvalue weighted by atomic mass is 14.9. The maximum absolute atomic E-state index is 4.47. The Kier molecular flexibility index (Phi) is 3.43. The van der Waals surface area contributed by atoms with Crippen LogP contribution < -0.4 is 5.32 Å². The smallest absolute Gasteiger partial charge is 0.0702 e. The Morgan fingerprint density at radius 1 is 1.24 bits per heavy atom. The van der Waals surface area contributed by atoms with Crippen LogP contribution >= 0.6 is 0 Å². The zero-order valence-corrected chi connectivity index (χ0v) is 10.8. The number of nitrogens with zero attached hydrogens (tertiary/aromatic N) is 1. The van der Waals surface area contributed by atoms with Crippen molar-refractivity contribution in [1.82, 2.24) is 10.3 Å². The highest BCUT2D eigenvalue weighted by Gasteiger charge is 2.13. The maximum Gasteiger partial charge on any atom is 0.0702 e. The van der Waals surface area contributed by atoms with Gasteiger partial charge in [-0.15, -0.1) is 0 Å². The Morgan fingerprint density at radius 2 is 2.00 bits per heavy atom. The van der Waals surface area contributed by atoms with E-state index in [0.29, 0.717) is 0 Å². The molecule has 1 N–H and O–H groups in total. The van der Waals surface area contributed by atoms with E-state index in [4.69, 9.17) is 0 Å². The van der Waals surface area contributed by atoms with Crippen LogP contribution in [0, 0.1) is 0 Å². The summed E-state index contributed by atoms with van der Waals surface area (Å²) in [6, 6.07) is 10.4. The van der Waals surface area contributed by atoms with Crippen molar-refractivity contribution in [2.24, 2.45) is 0 Å². The van der Waals surface area contributed by atoms with E-state index < -0.39 is 0 Å². The van der Waals surface area contributed by atoms with Gasteiger partial charge in [0.05, 0.1) is 5.52 Å². The number of hydrogen-bond donors (Lipinski definition) is 1. The molecule has 0 fully saturated rings. The fourth-order valence-corrected chi connectivity index (χ4v) is 1.68. The molecule has 17 heavy (non-hydrogen) atoms. The Bertz CT molecular complexity index is 503. The monoisotopic (exact) mass is 228 g/mol. The molecule has 0 radical (unpaired) electrons. The summed E-state index contributed by atoms with van der Waals surface area (Å²) in [7, 11) is 0. The second-order valence-corrected chi connectivity index (χ2v) is 5.13. The molecule has 2 heteroatoms. The Labute approximate surface area is 103 Å². The molecule has 1 aromatic carbocycles. The van der Waals surface area contributed by atoms with Gasteiger partial charge in [-0.05, 0) is 38.0 Å². The van der Waals surface area contributed by atoms with Crippen molar-refractivity contribution in [2.75, 3.05) is 0 Å². The van der Waals surface area contributed by atoms with Gasteiger partial charge in [-0.2, -0.15) is 0 Å². The number of para-hydroxylation sites is 1. The summed E-state index contributed by atoms with van der Waals surface area (Å²) in [4.78, 5) is 4.47. The number of rotatable bonds is 4. The molecule has 0 aliphatic heterocycles. The van der Waals surface area contributed by atoms with Gasteiger partial charge in [0.15, 0.2) is 0 Å². The number of aromatic nitrogens is 1. The fraction of sp³-hybridized carbons (Fsp3) is 0.400. The molecule has 0 aliphatic carbocycles. The molecule has 2 aromatic rings. The van der Waals surface area contributed by atoms with Gasteiger partial charge in [0, 0.05) is 23.7 Å². The standard InChI is InChI=1S/C15H20N2/c1-4-15(2,3)17-11-12-9-13-7-5-6-8-14(13)16-10-12/h5-10,17H,4,11H2,1-3H3. The lowest BCUT2D eigenvalue weighted by Crippen LogP contribution is -2.37. The molecule has 2 nitrogen and oxygen atoms in total. The number of hydrogen-bond acceptors (Lipinski definition) is 2. The third-order valence-corrected chi connectivity index (χ3v) is 3.30. The highest BCUT2D eigenvalue weighted by Crippen LogP contribution is 2.14. The van der Waals surface area contributed by atoms with Crippen molar-refractivity contribution in [3.63, 3.8) is 0 Å². The highest BCUT2D eigenvalue weighted by molar-refractivity contribution is 5.78. The van der Waals surface area contributed by atoms with Crippen molar-refractivity contribution in [1.29, 1.82) is 0 Å². The molecule has 2 rings (SSSR count).